The van der Waals surface area contributed by atoms with E-state index in [-0.39, 0.29) is 0 Å². The summed E-state index contributed by atoms with van der Waals surface area (Å²) in [5.41, 5.74) is 1.15. The molecule has 1 heterocycles. The zero-order chi connectivity index (χ0) is 13.8. The minimum absolute atomic E-state index is 0.361. The van der Waals surface area contributed by atoms with Crippen LogP contribution in [-0.4, -0.2) is 36.3 Å². The Kier molecular flexibility index (Phi) is 3.92. The third kappa shape index (κ3) is 2.48. The van der Waals surface area contributed by atoms with Crippen molar-refractivity contribution >= 4 is 17.4 Å². The van der Waals surface area contributed by atoms with Gasteiger partial charge in [0.25, 0.3) is 5.78 Å². The fourth-order valence-electron chi connectivity index (χ4n) is 2.14. The average Bonchev–Trinajstić information content (AvgIpc) is 2.65. The van der Waals surface area contributed by atoms with Crippen LogP contribution in [0.1, 0.15) is 10.4 Å². The van der Waals surface area contributed by atoms with Crippen LogP contribution in [-0.2, 0) is 4.79 Å². The first-order valence-corrected chi connectivity index (χ1v) is 6.08. The number of fused-ring (bicyclic) bond motifs is 1. The Balaban J connectivity index is 2.25. The summed E-state index contributed by atoms with van der Waals surface area (Å²) < 4.78 is 0. The molecule has 0 bridgehead atoms. The number of nitrogens with zero attached hydrogens (tertiary/aromatic N) is 2. The van der Waals surface area contributed by atoms with E-state index in [1.807, 2.05) is 11.0 Å². The summed E-state index contributed by atoms with van der Waals surface area (Å²) in [5, 5.41) is 0. The lowest BCUT2D eigenvalue weighted by molar-refractivity contribution is -0.114. The van der Waals surface area contributed by atoms with Gasteiger partial charge in [-0.05, 0) is 12.1 Å². The van der Waals surface area contributed by atoms with Crippen LogP contribution in [0.2, 0.25) is 0 Å². The molecule has 0 aliphatic carbocycles. The summed E-state index contributed by atoms with van der Waals surface area (Å²) in [4.78, 5) is 27.3. The number of benzene rings is 1. The van der Waals surface area contributed by atoms with Crippen LogP contribution in [0.15, 0.2) is 49.6 Å². The van der Waals surface area contributed by atoms with Crippen LogP contribution in [0.3, 0.4) is 0 Å². The number of amides is 1. The highest BCUT2D eigenvalue weighted by atomic mass is 16.2. The second-order valence-corrected chi connectivity index (χ2v) is 4.33. The summed E-state index contributed by atoms with van der Waals surface area (Å²) in [6, 6.07) is 7.06. The Morgan fingerprint density at radius 1 is 1.11 bits per heavy atom. The van der Waals surface area contributed by atoms with Crippen molar-refractivity contribution in [2.45, 2.75) is 0 Å². The van der Waals surface area contributed by atoms with E-state index in [9.17, 15) is 9.59 Å². The van der Waals surface area contributed by atoms with Crippen LogP contribution < -0.4 is 4.90 Å². The van der Waals surface area contributed by atoms with E-state index in [1.54, 1.807) is 30.4 Å². The number of Topliss-reactive ketones (excluding diaryl/α,β-unsaturated/α-hetero) is 1. The lowest BCUT2D eigenvalue weighted by atomic mass is 10.1. The minimum Gasteiger partial charge on any atom is -0.291 e. The fraction of sp³-hybridized carbons (Fsp3) is 0.200. The standard InChI is InChI=1S/C15H16N2O2/c1-3-9-16(10-4-2)11-17-13-8-6-5-7-12(13)14(18)15(17)19/h3-8H,1-2,9-11H2. The van der Waals surface area contributed by atoms with Crippen molar-refractivity contribution in [2.75, 3.05) is 24.7 Å². The smallest absolute Gasteiger partial charge is 0.291 e. The average molecular weight is 256 g/mol. The van der Waals surface area contributed by atoms with E-state index in [1.165, 1.54) is 4.90 Å². The SMILES string of the molecule is C=CCN(CC=C)CN1C(=O)C(=O)c2ccccc21. The van der Waals surface area contributed by atoms with Crippen molar-refractivity contribution in [3.8, 4) is 0 Å². The molecule has 1 aliphatic heterocycles. The number of hydrogen-bond donors (Lipinski definition) is 0. The summed E-state index contributed by atoms with van der Waals surface area (Å²) in [5.74, 6) is -0.910. The number of anilines is 1. The molecule has 98 valence electrons. The molecular weight excluding hydrogens is 240 g/mol. The number of carbonyl (C=O) groups is 2. The van der Waals surface area contributed by atoms with E-state index in [2.05, 4.69) is 13.2 Å². The Labute approximate surface area is 112 Å². The second-order valence-electron chi connectivity index (χ2n) is 4.33. The molecule has 0 aromatic heterocycles. The van der Waals surface area contributed by atoms with Crippen molar-refractivity contribution in [3.05, 3.63) is 55.1 Å². The van der Waals surface area contributed by atoms with Crippen molar-refractivity contribution < 1.29 is 9.59 Å². The Hall–Kier alpha value is -2.20. The summed E-state index contributed by atoms with van der Waals surface area (Å²) in [7, 11) is 0. The van der Waals surface area contributed by atoms with Crippen molar-refractivity contribution in [2.24, 2.45) is 0 Å². The molecule has 19 heavy (non-hydrogen) atoms. The first-order chi connectivity index (χ1) is 9.19. The van der Waals surface area contributed by atoms with Gasteiger partial charge in [0.1, 0.15) is 0 Å². The van der Waals surface area contributed by atoms with Crippen molar-refractivity contribution in [1.29, 1.82) is 0 Å². The molecule has 2 rings (SSSR count). The third-order valence-electron chi connectivity index (χ3n) is 2.99. The lowest BCUT2D eigenvalue weighted by Crippen LogP contribution is -2.41. The molecule has 4 heteroatoms. The Bertz CT molecular complexity index is 527. The van der Waals surface area contributed by atoms with Gasteiger partial charge in [0, 0.05) is 13.1 Å². The van der Waals surface area contributed by atoms with Gasteiger partial charge in [-0.25, -0.2) is 0 Å². The van der Waals surface area contributed by atoms with Crippen molar-refractivity contribution in [3.63, 3.8) is 0 Å². The Morgan fingerprint density at radius 3 is 2.37 bits per heavy atom. The molecule has 1 amide bonds. The largest absolute Gasteiger partial charge is 0.300 e. The molecular formula is C15H16N2O2. The number of ketones is 1. The normalized spacial score (nSPS) is 13.8. The summed E-state index contributed by atoms with van der Waals surface area (Å²) in [6.07, 6.45) is 3.52. The monoisotopic (exact) mass is 256 g/mol. The van der Waals surface area contributed by atoms with E-state index in [0.29, 0.717) is 31.0 Å². The Morgan fingerprint density at radius 2 is 1.74 bits per heavy atom. The van der Waals surface area contributed by atoms with Crippen LogP contribution in [0.25, 0.3) is 0 Å². The predicted octanol–water partition coefficient (Wildman–Crippen LogP) is 1.85. The molecule has 0 radical (unpaired) electrons. The first-order valence-electron chi connectivity index (χ1n) is 6.08. The second kappa shape index (κ2) is 5.63. The summed E-state index contributed by atoms with van der Waals surface area (Å²) in [6.45, 7) is 9.00. The van der Waals surface area contributed by atoms with Gasteiger partial charge in [0.2, 0.25) is 0 Å². The van der Waals surface area contributed by atoms with E-state index in [0.717, 1.165) is 0 Å². The molecule has 0 spiro atoms. The number of para-hydroxylation sites is 1. The van der Waals surface area contributed by atoms with Gasteiger partial charge >= 0.3 is 5.91 Å². The predicted molar refractivity (Wildman–Crippen MR) is 75.1 cm³/mol. The van der Waals surface area contributed by atoms with E-state index < -0.39 is 11.7 Å². The number of rotatable bonds is 6. The number of hydrogen-bond acceptors (Lipinski definition) is 3. The first kappa shape index (κ1) is 13.2. The fourth-order valence-corrected chi connectivity index (χ4v) is 2.14. The molecule has 1 aliphatic rings. The number of carbonyl (C=O) groups excluding carboxylic acids is 2. The van der Waals surface area contributed by atoms with Crippen LogP contribution in [0, 0.1) is 0 Å². The topological polar surface area (TPSA) is 40.6 Å². The van der Waals surface area contributed by atoms with E-state index in [4.69, 9.17) is 0 Å². The maximum atomic E-state index is 12.0. The van der Waals surface area contributed by atoms with E-state index >= 15 is 0 Å². The maximum absolute atomic E-state index is 12.0. The van der Waals surface area contributed by atoms with Gasteiger partial charge < -0.3 is 0 Å². The molecule has 4 nitrogen and oxygen atoms in total. The highest BCUT2D eigenvalue weighted by Crippen LogP contribution is 2.28. The van der Waals surface area contributed by atoms with Gasteiger partial charge in [-0.3, -0.25) is 19.4 Å². The van der Waals surface area contributed by atoms with Crippen LogP contribution >= 0.6 is 0 Å². The van der Waals surface area contributed by atoms with Gasteiger partial charge in [-0.15, -0.1) is 13.2 Å². The highest BCUT2D eigenvalue weighted by molar-refractivity contribution is 6.52. The molecule has 0 N–H and O–H groups in total. The maximum Gasteiger partial charge on any atom is 0.300 e. The van der Waals surface area contributed by atoms with Gasteiger partial charge in [0.15, 0.2) is 0 Å². The molecule has 0 atom stereocenters. The van der Waals surface area contributed by atoms with Gasteiger partial charge in [-0.2, -0.15) is 0 Å². The molecule has 0 unspecified atom stereocenters. The zero-order valence-electron chi connectivity index (χ0n) is 10.7. The van der Waals surface area contributed by atoms with Crippen LogP contribution in [0.5, 0.6) is 0 Å². The molecule has 0 saturated carbocycles. The van der Waals surface area contributed by atoms with Gasteiger partial charge in [-0.1, -0.05) is 24.3 Å². The molecule has 1 aromatic rings. The molecule has 1 aromatic carbocycles. The molecule has 0 fully saturated rings. The van der Waals surface area contributed by atoms with Crippen molar-refractivity contribution in [1.82, 2.24) is 4.90 Å². The minimum atomic E-state index is -0.473. The summed E-state index contributed by atoms with van der Waals surface area (Å²) >= 11 is 0. The van der Waals surface area contributed by atoms with Crippen LogP contribution in [0.4, 0.5) is 5.69 Å². The van der Waals surface area contributed by atoms with Gasteiger partial charge in [0.05, 0.1) is 17.9 Å². The third-order valence-corrected chi connectivity index (χ3v) is 2.99. The quantitative estimate of drug-likeness (QED) is 0.576. The molecule has 0 saturated heterocycles. The zero-order valence-corrected chi connectivity index (χ0v) is 10.7. The highest BCUT2D eigenvalue weighted by Gasteiger charge is 2.35. The lowest BCUT2D eigenvalue weighted by Gasteiger charge is -2.25.